The van der Waals surface area contributed by atoms with Crippen molar-refractivity contribution in [3.63, 3.8) is 0 Å². The number of rotatable bonds is 8. The Hall–Kier alpha value is -3.59. The zero-order valence-corrected chi connectivity index (χ0v) is 17.8. The summed E-state index contributed by atoms with van der Waals surface area (Å²) in [6.07, 6.45) is 1.39. The number of sulfone groups is 1. The van der Waals surface area contributed by atoms with Crippen LogP contribution < -0.4 is 5.32 Å². The first-order valence-corrected chi connectivity index (χ1v) is 11.3. The summed E-state index contributed by atoms with van der Waals surface area (Å²) in [6, 6.07) is 15.9. The van der Waals surface area contributed by atoms with Crippen molar-refractivity contribution in [3.8, 4) is 0 Å². The van der Waals surface area contributed by atoms with E-state index in [0.717, 1.165) is 11.9 Å². The molecular weight excluding hydrogens is 418 g/mol. The molecule has 31 heavy (non-hydrogen) atoms. The number of carbonyl (C=O) groups excluding carboxylic acids is 1. The molecule has 3 aromatic rings. The maximum atomic E-state index is 12.6. The fourth-order valence-electron chi connectivity index (χ4n) is 3.03. The summed E-state index contributed by atoms with van der Waals surface area (Å²) >= 11 is 0. The molecule has 2 aromatic carbocycles. The van der Waals surface area contributed by atoms with Crippen LogP contribution in [0.2, 0.25) is 0 Å². The SMILES string of the molecule is Cc1ccc(CC(=O)Cc2ccc(S(C)(=O)=O)cc2)c(Nc2cccc([N+](=O)[O-])c2)n1. The first-order chi connectivity index (χ1) is 14.6. The van der Waals surface area contributed by atoms with E-state index in [-0.39, 0.29) is 29.2 Å². The third kappa shape index (κ3) is 5.95. The third-order valence-corrected chi connectivity index (χ3v) is 5.71. The highest BCUT2D eigenvalue weighted by Gasteiger charge is 2.13. The molecule has 3 rings (SSSR count). The zero-order valence-electron chi connectivity index (χ0n) is 17.0. The Morgan fingerprint density at radius 1 is 1.06 bits per heavy atom. The van der Waals surface area contributed by atoms with Crippen LogP contribution in [0, 0.1) is 17.0 Å². The molecule has 1 aromatic heterocycles. The number of aryl methyl sites for hydroxylation is 1. The molecule has 0 bridgehead atoms. The summed E-state index contributed by atoms with van der Waals surface area (Å²) in [4.78, 5) is 27.8. The number of nitrogens with one attached hydrogen (secondary N) is 1. The number of hydrogen-bond acceptors (Lipinski definition) is 7. The van der Waals surface area contributed by atoms with Crippen LogP contribution in [0.15, 0.2) is 65.6 Å². The Morgan fingerprint density at radius 3 is 2.42 bits per heavy atom. The molecule has 8 nitrogen and oxygen atoms in total. The Morgan fingerprint density at radius 2 is 1.77 bits per heavy atom. The number of nitrogens with zero attached hydrogens (tertiary/aromatic N) is 2. The summed E-state index contributed by atoms with van der Waals surface area (Å²) in [7, 11) is -3.29. The van der Waals surface area contributed by atoms with Gasteiger partial charge in [0.1, 0.15) is 11.6 Å². The van der Waals surface area contributed by atoms with E-state index in [9.17, 15) is 23.3 Å². The second-order valence-electron chi connectivity index (χ2n) is 7.20. The lowest BCUT2D eigenvalue weighted by Gasteiger charge is -2.12. The summed E-state index contributed by atoms with van der Waals surface area (Å²) in [5.74, 6) is 0.390. The number of benzene rings is 2. The predicted molar refractivity (Wildman–Crippen MR) is 117 cm³/mol. The van der Waals surface area contributed by atoms with Crippen LogP contribution in [0.3, 0.4) is 0 Å². The number of non-ortho nitro benzene ring substituents is 1. The van der Waals surface area contributed by atoms with Gasteiger partial charge < -0.3 is 5.32 Å². The van der Waals surface area contributed by atoms with E-state index in [1.807, 2.05) is 6.92 Å². The number of nitro benzene ring substituents is 1. The first kappa shape index (κ1) is 22.1. The highest BCUT2D eigenvalue weighted by Crippen LogP contribution is 2.24. The van der Waals surface area contributed by atoms with E-state index in [0.29, 0.717) is 22.6 Å². The van der Waals surface area contributed by atoms with Crippen LogP contribution in [-0.2, 0) is 27.5 Å². The number of nitro groups is 1. The molecule has 0 saturated carbocycles. The summed E-state index contributed by atoms with van der Waals surface area (Å²) in [5, 5.41) is 14.1. The topological polar surface area (TPSA) is 119 Å². The van der Waals surface area contributed by atoms with Gasteiger partial charge in [0, 0.05) is 48.2 Å². The van der Waals surface area contributed by atoms with Gasteiger partial charge in [0.05, 0.1) is 9.82 Å². The van der Waals surface area contributed by atoms with Crippen molar-refractivity contribution in [2.45, 2.75) is 24.7 Å². The van der Waals surface area contributed by atoms with Crippen molar-refractivity contribution in [2.75, 3.05) is 11.6 Å². The molecule has 0 fully saturated rings. The number of Topliss-reactive ketones (excluding diaryl/α,β-unsaturated/α-hetero) is 1. The van der Waals surface area contributed by atoms with Crippen molar-refractivity contribution in [1.82, 2.24) is 4.98 Å². The average molecular weight is 439 g/mol. The molecular formula is C22H21N3O5S. The molecule has 0 unspecified atom stereocenters. The molecule has 0 saturated heterocycles. The Bertz CT molecular complexity index is 1240. The van der Waals surface area contributed by atoms with E-state index in [2.05, 4.69) is 10.3 Å². The molecule has 0 aliphatic carbocycles. The third-order valence-electron chi connectivity index (χ3n) is 4.58. The molecule has 0 amide bonds. The molecule has 1 N–H and O–H groups in total. The Balaban J connectivity index is 1.76. The van der Waals surface area contributed by atoms with Crippen molar-refractivity contribution in [2.24, 2.45) is 0 Å². The number of pyridine rings is 1. The molecule has 0 aliphatic rings. The minimum Gasteiger partial charge on any atom is -0.340 e. The maximum Gasteiger partial charge on any atom is 0.271 e. The second kappa shape index (κ2) is 9.05. The van der Waals surface area contributed by atoms with Crippen molar-refractivity contribution in [3.05, 3.63) is 87.6 Å². The highest BCUT2D eigenvalue weighted by molar-refractivity contribution is 7.90. The predicted octanol–water partition coefficient (Wildman–Crippen LogP) is 3.80. The van der Waals surface area contributed by atoms with Gasteiger partial charge in [0.15, 0.2) is 9.84 Å². The van der Waals surface area contributed by atoms with Crippen molar-refractivity contribution < 1.29 is 18.1 Å². The van der Waals surface area contributed by atoms with Gasteiger partial charge in [0.2, 0.25) is 0 Å². The van der Waals surface area contributed by atoms with Crippen LogP contribution in [0.25, 0.3) is 0 Å². The van der Waals surface area contributed by atoms with E-state index >= 15 is 0 Å². The van der Waals surface area contributed by atoms with Gasteiger partial charge in [0.25, 0.3) is 5.69 Å². The fourth-order valence-corrected chi connectivity index (χ4v) is 3.66. The minimum atomic E-state index is -3.29. The molecule has 0 atom stereocenters. The molecule has 0 spiro atoms. The lowest BCUT2D eigenvalue weighted by Crippen LogP contribution is -2.10. The fraction of sp³-hybridized carbons (Fsp3) is 0.182. The van der Waals surface area contributed by atoms with Crippen LogP contribution in [-0.4, -0.2) is 30.4 Å². The summed E-state index contributed by atoms with van der Waals surface area (Å²) < 4.78 is 23.1. The van der Waals surface area contributed by atoms with Crippen LogP contribution in [0.4, 0.5) is 17.2 Å². The number of carbonyl (C=O) groups is 1. The van der Waals surface area contributed by atoms with Gasteiger partial charge >= 0.3 is 0 Å². The largest absolute Gasteiger partial charge is 0.340 e. The van der Waals surface area contributed by atoms with Gasteiger partial charge in [-0.15, -0.1) is 0 Å². The first-order valence-electron chi connectivity index (χ1n) is 9.40. The van der Waals surface area contributed by atoms with Crippen LogP contribution >= 0.6 is 0 Å². The van der Waals surface area contributed by atoms with Crippen LogP contribution in [0.1, 0.15) is 16.8 Å². The smallest absolute Gasteiger partial charge is 0.271 e. The van der Waals surface area contributed by atoms with Crippen molar-refractivity contribution in [1.29, 1.82) is 0 Å². The van der Waals surface area contributed by atoms with Crippen molar-refractivity contribution >= 4 is 32.8 Å². The molecule has 0 radical (unpaired) electrons. The van der Waals surface area contributed by atoms with Crippen LogP contribution in [0.5, 0.6) is 0 Å². The van der Waals surface area contributed by atoms with Gasteiger partial charge in [-0.1, -0.05) is 24.3 Å². The van der Waals surface area contributed by atoms with E-state index < -0.39 is 14.8 Å². The Kier molecular flexibility index (Phi) is 6.45. The highest BCUT2D eigenvalue weighted by atomic mass is 32.2. The standard InChI is InChI=1S/C22H21N3O5S/c1-15-6-9-17(22(23-15)24-18-4-3-5-19(14-18)25(27)28)13-20(26)12-16-7-10-21(11-8-16)31(2,29)30/h3-11,14H,12-13H2,1-2H3,(H,23,24). The minimum absolute atomic E-state index is 0.0483. The molecule has 1 heterocycles. The number of hydrogen-bond donors (Lipinski definition) is 1. The number of aromatic nitrogens is 1. The number of ketones is 1. The maximum absolute atomic E-state index is 12.6. The van der Waals surface area contributed by atoms with Gasteiger partial charge in [-0.25, -0.2) is 13.4 Å². The van der Waals surface area contributed by atoms with E-state index in [1.165, 1.54) is 24.3 Å². The lowest BCUT2D eigenvalue weighted by molar-refractivity contribution is -0.384. The zero-order chi connectivity index (χ0) is 22.6. The van der Waals surface area contributed by atoms with E-state index in [1.54, 1.807) is 36.4 Å². The Labute approximate surface area is 180 Å². The quantitative estimate of drug-likeness (QED) is 0.419. The summed E-state index contributed by atoms with van der Waals surface area (Å²) in [5.41, 5.74) is 2.56. The molecule has 160 valence electrons. The summed E-state index contributed by atoms with van der Waals surface area (Å²) in [6.45, 7) is 1.81. The number of anilines is 2. The lowest BCUT2D eigenvalue weighted by atomic mass is 10.0. The molecule has 0 aliphatic heterocycles. The van der Waals surface area contributed by atoms with E-state index in [4.69, 9.17) is 0 Å². The van der Waals surface area contributed by atoms with Gasteiger partial charge in [-0.3, -0.25) is 14.9 Å². The second-order valence-corrected chi connectivity index (χ2v) is 9.22. The monoisotopic (exact) mass is 439 g/mol. The normalized spacial score (nSPS) is 11.2. The van der Waals surface area contributed by atoms with Gasteiger partial charge in [-0.2, -0.15) is 0 Å². The van der Waals surface area contributed by atoms with Gasteiger partial charge in [-0.05, 0) is 36.8 Å². The average Bonchev–Trinajstić information content (AvgIpc) is 2.70. The molecule has 9 heteroatoms.